The molecule has 0 unspecified atom stereocenters. The van der Waals surface area contributed by atoms with Gasteiger partial charge in [0.2, 0.25) is 5.13 Å². The normalized spacial score (nSPS) is 17.1. The molecule has 1 N–H and O–H groups in total. The summed E-state index contributed by atoms with van der Waals surface area (Å²) in [5.74, 6) is 0.666. The van der Waals surface area contributed by atoms with Gasteiger partial charge in [-0.05, 0) is 25.2 Å². The smallest absolute Gasteiger partial charge is 0.205 e. The van der Waals surface area contributed by atoms with Crippen molar-refractivity contribution in [3.05, 3.63) is 5.01 Å². The highest BCUT2D eigenvalue weighted by molar-refractivity contribution is 7.15. The zero-order valence-electron chi connectivity index (χ0n) is 8.79. The van der Waals surface area contributed by atoms with Gasteiger partial charge in [-0.25, -0.2) is 0 Å². The van der Waals surface area contributed by atoms with E-state index in [9.17, 15) is 0 Å². The third kappa shape index (κ3) is 2.44. The van der Waals surface area contributed by atoms with E-state index in [1.807, 2.05) is 0 Å². The summed E-state index contributed by atoms with van der Waals surface area (Å²) in [7, 11) is 0. The molecule has 0 aromatic carbocycles. The van der Waals surface area contributed by atoms with Crippen LogP contribution >= 0.6 is 11.3 Å². The van der Waals surface area contributed by atoms with Crippen LogP contribution < -0.4 is 5.32 Å². The Bertz CT molecular complexity index is 291. The largest absolute Gasteiger partial charge is 0.357 e. The summed E-state index contributed by atoms with van der Waals surface area (Å²) in [6.45, 7) is 4.42. The second-order valence-corrected chi connectivity index (χ2v) is 5.43. The van der Waals surface area contributed by atoms with Gasteiger partial charge in [0.15, 0.2) is 0 Å². The SMILES string of the molecule is CC(C)Cc1nnc(NC2CCC2)s1. The Morgan fingerprint density at radius 2 is 2.21 bits per heavy atom. The monoisotopic (exact) mass is 211 g/mol. The molecule has 1 saturated carbocycles. The molecule has 0 amide bonds. The molecule has 0 spiro atoms. The van der Waals surface area contributed by atoms with Crippen LogP contribution in [0.4, 0.5) is 5.13 Å². The number of nitrogens with zero attached hydrogens (tertiary/aromatic N) is 2. The van der Waals surface area contributed by atoms with Crippen molar-refractivity contribution in [3.8, 4) is 0 Å². The lowest BCUT2D eigenvalue weighted by molar-refractivity contribution is 0.445. The van der Waals surface area contributed by atoms with E-state index < -0.39 is 0 Å². The van der Waals surface area contributed by atoms with Gasteiger partial charge < -0.3 is 5.32 Å². The Morgan fingerprint density at radius 3 is 2.79 bits per heavy atom. The Morgan fingerprint density at radius 1 is 1.43 bits per heavy atom. The van der Waals surface area contributed by atoms with Crippen LogP contribution in [0.15, 0.2) is 0 Å². The van der Waals surface area contributed by atoms with Crippen molar-refractivity contribution in [2.75, 3.05) is 5.32 Å². The van der Waals surface area contributed by atoms with E-state index in [0.29, 0.717) is 12.0 Å². The lowest BCUT2D eigenvalue weighted by Gasteiger charge is -2.25. The highest BCUT2D eigenvalue weighted by atomic mass is 32.1. The molecule has 2 rings (SSSR count). The van der Waals surface area contributed by atoms with E-state index in [1.165, 1.54) is 19.3 Å². The van der Waals surface area contributed by atoms with Crippen molar-refractivity contribution >= 4 is 16.5 Å². The third-order valence-electron chi connectivity index (χ3n) is 2.48. The summed E-state index contributed by atoms with van der Waals surface area (Å²) in [5, 5.41) is 13.9. The van der Waals surface area contributed by atoms with Gasteiger partial charge in [-0.3, -0.25) is 0 Å². The molecule has 0 atom stereocenters. The Hall–Kier alpha value is -0.640. The summed E-state index contributed by atoms with van der Waals surface area (Å²) in [4.78, 5) is 0. The van der Waals surface area contributed by atoms with Crippen molar-refractivity contribution in [1.82, 2.24) is 10.2 Å². The predicted octanol–water partition coefficient (Wildman–Crippen LogP) is 2.70. The summed E-state index contributed by atoms with van der Waals surface area (Å²) in [5.41, 5.74) is 0. The molecule has 1 aliphatic carbocycles. The number of hydrogen-bond donors (Lipinski definition) is 1. The zero-order valence-corrected chi connectivity index (χ0v) is 9.60. The lowest BCUT2D eigenvalue weighted by atomic mass is 9.93. The maximum atomic E-state index is 4.17. The Kier molecular flexibility index (Phi) is 3.01. The molecule has 0 bridgehead atoms. The minimum absolute atomic E-state index is 0.662. The molecule has 78 valence electrons. The first kappa shape index (κ1) is 9.90. The average Bonchev–Trinajstić information content (AvgIpc) is 2.44. The summed E-state index contributed by atoms with van der Waals surface area (Å²) >= 11 is 1.71. The summed E-state index contributed by atoms with van der Waals surface area (Å²) in [6, 6.07) is 0.662. The fraction of sp³-hybridized carbons (Fsp3) is 0.800. The summed E-state index contributed by atoms with van der Waals surface area (Å²) in [6.07, 6.45) is 4.98. The molecule has 0 radical (unpaired) electrons. The van der Waals surface area contributed by atoms with Crippen molar-refractivity contribution < 1.29 is 0 Å². The minimum Gasteiger partial charge on any atom is -0.357 e. The number of rotatable bonds is 4. The van der Waals surface area contributed by atoms with Crippen molar-refractivity contribution in [2.24, 2.45) is 5.92 Å². The van der Waals surface area contributed by atoms with Gasteiger partial charge in [0.1, 0.15) is 5.01 Å². The van der Waals surface area contributed by atoms with Gasteiger partial charge in [-0.15, -0.1) is 10.2 Å². The molecule has 14 heavy (non-hydrogen) atoms. The predicted molar refractivity (Wildman–Crippen MR) is 59.7 cm³/mol. The van der Waals surface area contributed by atoms with Crippen molar-refractivity contribution in [3.63, 3.8) is 0 Å². The Labute approximate surface area is 88.9 Å². The van der Waals surface area contributed by atoms with Crippen LogP contribution in [0, 0.1) is 5.92 Å². The molecule has 0 saturated heterocycles. The first-order valence-corrected chi connectivity index (χ1v) is 6.14. The maximum Gasteiger partial charge on any atom is 0.205 e. The van der Waals surface area contributed by atoms with E-state index in [-0.39, 0.29) is 0 Å². The van der Waals surface area contributed by atoms with E-state index in [4.69, 9.17) is 0 Å². The number of anilines is 1. The molecule has 1 aromatic rings. The molecule has 4 heteroatoms. The van der Waals surface area contributed by atoms with E-state index >= 15 is 0 Å². The van der Waals surface area contributed by atoms with Gasteiger partial charge in [0.05, 0.1) is 0 Å². The first-order valence-electron chi connectivity index (χ1n) is 5.33. The molecular weight excluding hydrogens is 194 g/mol. The van der Waals surface area contributed by atoms with Crippen LogP contribution in [0.2, 0.25) is 0 Å². The molecule has 1 fully saturated rings. The second kappa shape index (κ2) is 4.26. The second-order valence-electron chi connectivity index (χ2n) is 4.37. The van der Waals surface area contributed by atoms with Crippen molar-refractivity contribution in [2.45, 2.75) is 45.6 Å². The first-order chi connectivity index (χ1) is 6.74. The van der Waals surface area contributed by atoms with E-state index in [2.05, 4.69) is 29.4 Å². The number of aromatic nitrogens is 2. The van der Waals surface area contributed by atoms with Gasteiger partial charge in [-0.2, -0.15) is 0 Å². The van der Waals surface area contributed by atoms with E-state index in [1.54, 1.807) is 11.3 Å². The van der Waals surface area contributed by atoms with Crippen LogP contribution in [0.3, 0.4) is 0 Å². The zero-order chi connectivity index (χ0) is 9.97. The van der Waals surface area contributed by atoms with Gasteiger partial charge in [0, 0.05) is 12.5 Å². The fourth-order valence-electron chi connectivity index (χ4n) is 1.47. The highest BCUT2D eigenvalue weighted by Gasteiger charge is 2.18. The summed E-state index contributed by atoms with van der Waals surface area (Å²) < 4.78 is 0. The van der Waals surface area contributed by atoms with Crippen LogP contribution in [0.5, 0.6) is 0 Å². The van der Waals surface area contributed by atoms with Crippen LogP contribution in [0.1, 0.15) is 38.1 Å². The topological polar surface area (TPSA) is 37.8 Å². The average molecular weight is 211 g/mol. The third-order valence-corrected chi connectivity index (χ3v) is 3.36. The fourth-order valence-corrected chi connectivity index (χ4v) is 2.50. The van der Waals surface area contributed by atoms with Gasteiger partial charge in [-0.1, -0.05) is 25.2 Å². The Balaban J connectivity index is 1.88. The van der Waals surface area contributed by atoms with Crippen LogP contribution in [-0.2, 0) is 6.42 Å². The van der Waals surface area contributed by atoms with Gasteiger partial charge in [0.25, 0.3) is 0 Å². The molecule has 1 aromatic heterocycles. The standard InChI is InChI=1S/C10H17N3S/c1-7(2)6-9-12-13-10(14-9)11-8-4-3-5-8/h7-8H,3-6H2,1-2H3,(H,11,13). The number of hydrogen-bond acceptors (Lipinski definition) is 4. The molecular formula is C10H17N3S. The quantitative estimate of drug-likeness (QED) is 0.832. The molecule has 1 aliphatic rings. The minimum atomic E-state index is 0.662. The van der Waals surface area contributed by atoms with Crippen LogP contribution in [0.25, 0.3) is 0 Å². The van der Waals surface area contributed by atoms with Crippen LogP contribution in [-0.4, -0.2) is 16.2 Å². The van der Waals surface area contributed by atoms with Crippen molar-refractivity contribution in [1.29, 1.82) is 0 Å². The lowest BCUT2D eigenvalue weighted by Crippen LogP contribution is -2.26. The molecule has 3 nitrogen and oxygen atoms in total. The maximum absolute atomic E-state index is 4.17. The highest BCUT2D eigenvalue weighted by Crippen LogP contribution is 2.25. The van der Waals surface area contributed by atoms with E-state index in [0.717, 1.165) is 16.6 Å². The molecule has 0 aliphatic heterocycles. The number of nitrogens with one attached hydrogen (secondary N) is 1. The van der Waals surface area contributed by atoms with Gasteiger partial charge >= 0.3 is 0 Å². The molecule has 1 heterocycles.